The van der Waals surface area contributed by atoms with Crippen LogP contribution in [0.4, 0.5) is 5.69 Å². The zero-order valence-corrected chi connectivity index (χ0v) is 20.6. The van der Waals surface area contributed by atoms with Crippen molar-refractivity contribution in [3.8, 4) is 11.5 Å². The van der Waals surface area contributed by atoms with E-state index in [2.05, 4.69) is 22.9 Å². The van der Waals surface area contributed by atoms with Gasteiger partial charge in [-0.3, -0.25) is 19.7 Å². The molecule has 34 heavy (non-hydrogen) atoms. The number of fused-ring (bicyclic) bond motifs is 1. The van der Waals surface area contributed by atoms with Crippen LogP contribution in [0.2, 0.25) is 0 Å². The van der Waals surface area contributed by atoms with Crippen LogP contribution in [0.1, 0.15) is 59.6 Å². The van der Waals surface area contributed by atoms with Gasteiger partial charge >= 0.3 is 5.97 Å². The van der Waals surface area contributed by atoms with Crippen molar-refractivity contribution in [2.75, 3.05) is 25.6 Å². The van der Waals surface area contributed by atoms with Crippen LogP contribution in [-0.4, -0.2) is 52.4 Å². The molecule has 10 heteroatoms. The molecule has 1 heterocycles. The first-order valence-corrected chi connectivity index (χ1v) is 12.1. The van der Waals surface area contributed by atoms with Crippen molar-refractivity contribution in [2.24, 2.45) is 0 Å². The highest BCUT2D eigenvalue weighted by Crippen LogP contribution is 2.45. The normalized spacial score (nSPS) is 17.3. The molecular formula is C24H27BrN2O7. The van der Waals surface area contributed by atoms with Crippen LogP contribution in [0.15, 0.2) is 36.4 Å². The third-order valence-corrected chi connectivity index (χ3v) is 6.37. The van der Waals surface area contributed by atoms with E-state index >= 15 is 0 Å². The molecule has 2 aromatic carbocycles. The molecule has 0 radical (unpaired) electrons. The molecule has 1 N–H and O–H groups in total. The molecule has 0 fully saturated rings. The molecule has 1 amide bonds. The van der Waals surface area contributed by atoms with Gasteiger partial charge in [0.2, 0.25) is 0 Å². The molecule has 0 saturated heterocycles. The fourth-order valence-electron chi connectivity index (χ4n) is 4.17. The van der Waals surface area contributed by atoms with Gasteiger partial charge in [-0.05, 0) is 36.1 Å². The first-order valence-electron chi connectivity index (χ1n) is 11.0. The van der Waals surface area contributed by atoms with Crippen molar-refractivity contribution in [1.82, 2.24) is 4.90 Å². The van der Waals surface area contributed by atoms with Crippen LogP contribution in [0.5, 0.6) is 11.5 Å². The summed E-state index contributed by atoms with van der Waals surface area (Å²) >= 11 is 3.36. The van der Waals surface area contributed by atoms with Gasteiger partial charge in [-0.25, -0.2) is 0 Å². The first kappa shape index (κ1) is 25.5. The van der Waals surface area contributed by atoms with Crippen molar-refractivity contribution in [3.63, 3.8) is 0 Å². The second-order valence-electron chi connectivity index (χ2n) is 7.94. The molecule has 0 aromatic heterocycles. The second kappa shape index (κ2) is 11.3. The lowest BCUT2D eigenvalue weighted by Crippen LogP contribution is -2.45. The Kier molecular flexibility index (Phi) is 8.49. The number of nitrogens with zero attached hydrogens (tertiary/aromatic N) is 2. The van der Waals surface area contributed by atoms with E-state index in [0.29, 0.717) is 35.4 Å². The highest BCUT2D eigenvalue weighted by atomic mass is 79.9. The van der Waals surface area contributed by atoms with Gasteiger partial charge in [-0.1, -0.05) is 41.4 Å². The number of nitro groups is 1. The average molecular weight is 535 g/mol. The summed E-state index contributed by atoms with van der Waals surface area (Å²) < 4.78 is 11.3. The summed E-state index contributed by atoms with van der Waals surface area (Å²) in [6.07, 6.45) is 2.44. The van der Waals surface area contributed by atoms with Crippen molar-refractivity contribution in [2.45, 2.75) is 38.1 Å². The van der Waals surface area contributed by atoms with Gasteiger partial charge in [-0.2, -0.15) is 0 Å². The second-order valence-corrected chi connectivity index (χ2v) is 8.74. The summed E-state index contributed by atoms with van der Waals surface area (Å²) in [5.41, 5.74) is 0.619. The minimum Gasteiger partial charge on any atom is -0.493 e. The smallest absolute Gasteiger partial charge is 0.313 e. The number of nitro benzene ring substituents is 1. The highest BCUT2D eigenvalue weighted by Gasteiger charge is 2.45. The van der Waals surface area contributed by atoms with Gasteiger partial charge in [0.15, 0.2) is 11.5 Å². The van der Waals surface area contributed by atoms with E-state index in [9.17, 15) is 24.8 Å². The van der Waals surface area contributed by atoms with E-state index < -0.39 is 28.8 Å². The predicted octanol–water partition coefficient (Wildman–Crippen LogP) is 4.93. The van der Waals surface area contributed by atoms with Crippen molar-refractivity contribution >= 4 is 33.5 Å². The summed E-state index contributed by atoms with van der Waals surface area (Å²) in [5.74, 6) is -1.69. The van der Waals surface area contributed by atoms with Gasteiger partial charge in [-0.15, -0.1) is 0 Å². The molecule has 182 valence electrons. The number of carboxylic acids is 1. The quantitative estimate of drug-likeness (QED) is 0.188. The molecule has 9 nitrogen and oxygen atoms in total. The lowest BCUT2D eigenvalue weighted by Gasteiger charge is -2.41. The Morgan fingerprint density at radius 3 is 2.59 bits per heavy atom. The first-order chi connectivity index (χ1) is 16.3. The minimum atomic E-state index is -1.13. The number of alkyl halides is 1. The van der Waals surface area contributed by atoms with Gasteiger partial charge in [0.05, 0.1) is 30.2 Å². The summed E-state index contributed by atoms with van der Waals surface area (Å²) in [6.45, 7) is 2.86. The maximum Gasteiger partial charge on any atom is 0.313 e. The van der Waals surface area contributed by atoms with Crippen LogP contribution >= 0.6 is 15.9 Å². The van der Waals surface area contributed by atoms with Crippen LogP contribution in [0.25, 0.3) is 0 Å². The average Bonchev–Trinajstić information content (AvgIpc) is 2.83. The molecule has 0 unspecified atom stereocenters. The molecule has 0 saturated carbocycles. The fraction of sp³-hybridized carbons (Fsp3) is 0.417. The van der Waals surface area contributed by atoms with Crippen LogP contribution < -0.4 is 9.47 Å². The zero-order valence-electron chi connectivity index (χ0n) is 19.0. The van der Waals surface area contributed by atoms with Crippen LogP contribution in [0.3, 0.4) is 0 Å². The number of hydrogen-bond donors (Lipinski definition) is 1. The molecule has 0 spiro atoms. The van der Waals surface area contributed by atoms with Crippen LogP contribution in [-0.2, 0) is 4.79 Å². The molecule has 2 atom stereocenters. The fourth-order valence-corrected chi connectivity index (χ4v) is 4.42. The van der Waals surface area contributed by atoms with E-state index in [1.165, 1.54) is 24.1 Å². The Morgan fingerprint density at radius 1 is 1.21 bits per heavy atom. The van der Waals surface area contributed by atoms with Crippen LogP contribution in [0, 0.1) is 10.1 Å². The zero-order chi connectivity index (χ0) is 24.8. The lowest BCUT2D eigenvalue weighted by atomic mass is 9.79. The maximum atomic E-state index is 13.5. The van der Waals surface area contributed by atoms with Gasteiger partial charge in [0.25, 0.3) is 11.6 Å². The van der Waals surface area contributed by atoms with Gasteiger partial charge in [0.1, 0.15) is 5.92 Å². The van der Waals surface area contributed by atoms with Gasteiger partial charge < -0.3 is 19.5 Å². The summed E-state index contributed by atoms with van der Waals surface area (Å²) in [5, 5.41) is 22.1. The lowest BCUT2D eigenvalue weighted by molar-refractivity contribution is -0.384. The Morgan fingerprint density at radius 2 is 1.97 bits per heavy atom. The van der Waals surface area contributed by atoms with E-state index in [0.717, 1.165) is 18.9 Å². The highest BCUT2D eigenvalue weighted by molar-refractivity contribution is 9.09. The molecule has 0 bridgehead atoms. The van der Waals surface area contributed by atoms with Crippen molar-refractivity contribution < 1.29 is 29.1 Å². The Labute approximate surface area is 205 Å². The van der Waals surface area contributed by atoms with E-state index in [1.54, 1.807) is 18.2 Å². The molecule has 2 aromatic rings. The number of aliphatic carboxylic acids is 1. The number of carbonyl (C=O) groups excluding carboxylic acids is 1. The number of carboxylic acid groups (broad SMARTS) is 1. The van der Waals surface area contributed by atoms with E-state index in [-0.39, 0.29) is 23.4 Å². The number of ether oxygens (including phenoxy) is 2. The maximum absolute atomic E-state index is 13.5. The number of benzene rings is 2. The Hall–Kier alpha value is -3.14. The minimum absolute atomic E-state index is 0.0407. The van der Waals surface area contributed by atoms with E-state index in [1.807, 2.05) is 0 Å². The SMILES string of the molecule is CCCCOc1ccc([C@@H]2[C@H](C(=O)O)c3ccc([N+](=O)[O-])cc3C(=O)N2CCCBr)cc1OC. The summed E-state index contributed by atoms with van der Waals surface area (Å²) in [7, 11) is 1.50. The number of rotatable bonds is 11. The van der Waals surface area contributed by atoms with Crippen molar-refractivity contribution in [1.29, 1.82) is 0 Å². The third kappa shape index (κ3) is 5.16. The molecule has 1 aliphatic heterocycles. The Bertz CT molecular complexity index is 1080. The number of unbranched alkanes of at least 4 members (excludes halogenated alkanes) is 1. The Balaban J connectivity index is 2.13. The molecular weight excluding hydrogens is 508 g/mol. The molecule has 1 aliphatic rings. The molecule has 0 aliphatic carbocycles. The summed E-state index contributed by atoms with van der Waals surface area (Å²) in [6, 6.07) is 8.12. The monoisotopic (exact) mass is 534 g/mol. The number of hydrogen-bond acceptors (Lipinski definition) is 6. The van der Waals surface area contributed by atoms with E-state index in [4.69, 9.17) is 9.47 Å². The number of carbonyl (C=O) groups is 2. The number of non-ortho nitro benzene ring substituents is 1. The molecule has 3 rings (SSSR count). The topological polar surface area (TPSA) is 119 Å². The van der Waals surface area contributed by atoms with Crippen molar-refractivity contribution in [3.05, 3.63) is 63.2 Å². The third-order valence-electron chi connectivity index (χ3n) is 5.81. The van der Waals surface area contributed by atoms with Gasteiger partial charge in [0, 0.05) is 24.0 Å². The predicted molar refractivity (Wildman–Crippen MR) is 129 cm³/mol. The number of halogens is 1. The summed E-state index contributed by atoms with van der Waals surface area (Å²) in [4.78, 5) is 38.2. The number of amides is 1. The number of methoxy groups -OCH3 is 1. The largest absolute Gasteiger partial charge is 0.493 e. The standard InChI is InChI=1S/C24H27BrN2O7/c1-3-4-12-34-19-9-6-15(13-20(19)33-2)22-21(24(29)30)17-8-7-16(27(31)32)14-18(17)23(28)26(22)11-5-10-25/h6-9,13-14,21-22H,3-5,10-12H2,1-2H3,(H,29,30)/t21-,22-/m1/s1.